The summed E-state index contributed by atoms with van der Waals surface area (Å²) < 4.78 is 0. The monoisotopic (exact) mass is 232 g/mol. The molecule has 0 amide bonds. The van der Waals surface area contributed by atoms with Crippen molar-refractivity contribution in [3.63, 3.8) is 0 Å². The number of nitrogens with zero attached hydrogens (tertiary/aromatic N) is 1. The van der Waals surface area contributed by atoms with Gasteiger partial charge in [-0.25, -0.2) is 0 Å². The number of hydrogen-bond donors (Lipinski definition) is 1. The van der Waals surface area contributed by atoms with Gasteiger partial charge in [0, 0.05) is 13.1 Å². The van der Waals surface area contributed by atoms with Crippen LogP contribution in [0.1, 0.15) is 38.2 Å². The summed E-state index contributed by atoms with van der Waals surface area (Å²) in [6.07, 6.45) is 5.30. The number of nitrogen functional groups attached to an aromatic ring is 1. The summed E-state index contributed by atoms with van der Waals surface area (Å²) >= 11 is 0. The lowest BCUT2D eigenvalue weighted by Crippen LogP contribution is -2.25. The number of benzene rings is 1. The maximum Gasteiger partial charge on any atom is 0.0600 e. The van der Waals surface area contributed by atoms with Crippen LogP contribution in [0.3, 0.4) is 0 Å². The number of aryl methyl sites for hydroxylation is 1. The van der Waals surface area contributed by atoms with Crippen molar-refractivity contribution in [2.45, 2.75) is 39.5 Å². The zero-order valence-electron chi connectivity index (χ0n) is 11.1. The number of hydrogen-bond acceptors (Lipinski definition) is 2. The van der Waals surface area contributed by atoms with Gasteiger partial charge in [0.15, 0.2) is 0 Å². The predicted molar refractivity (Wildman–Crippen MR) is 75.4 cm³/mol. The molecule has 17 heavy (non-hydrogen) atoms. The van der Waals surface area contributed by atoms with Crippen LogP contribution >= 0.6 is 0 Å². The average molecular weight is 232 g/mol. The molecule has 1 aromatic rings. The van der Waals surface area contributed by atoms with Crippen molar-refractivity contribution >= 4 is 11.4 Å². The highest BCUT2D eigenvalue weighted by atomic mass is 15.1. The van der Waals surface area contributed by atoms with E-state index in [4.69, 9.17) is 5.73 Å². The maximum atomic E-state index is 6.13. The molecule has 0 radical (unpaired) electrons. The largest absolute Gasteiger partial charge is 0.397 e. The van der Waals surface area contributed by atoms with E-state index in [0.717, 1.165) is 24.7 Å². The fraction of sp³-hybridized carbons (Fsp3) is 0.600. The molecular weight excluding hydrogens is 208 g/mol. The summed E-state index contributed by atoms with van der Waals surface area (Å²) in [5.41, 5.74) is 9.53. The lowest BCUT2D eigenvalue weighted by molar-refractivity contribution is 0.459. The molecule has 2 N–H and O–H groups in total. The Balaban J connectivity index is 2.11. The van der Waals surface area contributed by atoms with E-state index in [9.17, 15) is 0 Å². The number of anilines is 2. The number of rotatable bonds is 2. The Morgan fingerprint density at radius 1 is 1.29 bits per heavy atom. The van der Waals surface area contributed by atoms with E-state index in [1.807, 2.05) is 0 Å². The first-order valence-electron chi connectivity index (χ1n) is 6.81. The molecule has 1 atom stereocenters. The average Bonchev–Trinajstić information content (AvgIpc) is 2.54. The molecular formula is C15H24N2. The molecule has 1 aliphatic heterocycles. The SMILES string of the molecule is CCC1CCCN(c2ccc(C)cc2N)CC1. The Hall–Kier alpha value is -1.18. The van der Waals surface area contributed by atoms with Crippen molar-refractivity contribution in [2.75, 3.05) is 23.7 Å². The van der Waals surface area contributed by atoms with Crippen molar-refractivity contribution < 1.29 is 0 Å². The molecule has 1 unspecified atom stereocenters. The van der Waals surface area contributed by atoms with E-state index in [0.29, 0.717) is 0 Å². The lowest BCUT2D eigenvalue weighted by Gasteiger charge is -2.24. The van der Waals surface area contributed by atoms with Crippen LogP contribution in [0.5, 0.6) is 0 Å². The summed E-state index contributed by atoms with van der Waals surface area (Å²) in [5.74, 6) is 0.909. The second-order valence-electron chi connectivity index (χ2n) is 5.25. The van der Waals surface area contributed by atoms with Crippen LogP contribution in [0, 0.1) is 12.8 Å². The summed E-state index contributed by atoms with van der Waals surface area (Å²) in [4.78, 5) is 2.46. The van der Waals surface area contributed by atoms with E-state index in [2.05, 4.69) is 36.9 Å². The zero-order valence-corrected chi connectivity index (χ0v) is 11.1. The summed E-state index contributed by atoms with van der Waals surface area (Å²) in [5, 5.41) is 0. The van der Waals surface area contributed by atoms with E-state index in [-0.39, 0.29) is 0 Å². The summed E-state index contributed by atoms with van der Waals surface area (Å²) in [7, 11) is 0. The minimum atomic E-state index is 0.909. The molecule has 1 aliphatic rings. The topological polar surface area (TPSA) is 29.3 Å². The third-order valence-corrected chi connectivity index (χ3v) is 3.95. The van der Waals surface area contributed by atoms with Gasteiger partial charge in [-0.05, 0) is 49.8 Å². The fourth-order valence-corrected chi connectivity index (χ4v) is 2.78. The Labute approximate surface area is 105 Å². The molecule has 0 aromatic heterocycles. The minimum absolute atomic E-state index is 0.909. The third-order valence-electron chi connectivity index (χ3n) is 3.95. The molecule has 0 spiro atoms. The molecule has 94 valence electrons. The van der Waals surface area contributed by atoms with Crippen molar-refractivity contribution in [3.8, 4) is 0 Å². The van der Waals surface area contributed by atoms with Gasteiger partial charge in [0.25, 0.3) is 0 Å². The van der Waals surface area contributed by atoms with Crippen molar-refractivity contribution in [1.29, 1.82) is 0 Å². The minimum Gasteiger partial charge on any atom is -0.397 e. The highest BCUT2D eigenvalue weighted by molar-refractivity contribution is 5.68. The van der Waals surface area contributed by atoms with Crippen LogP contribution in [0.15, 0.2) is 18.2 Å². The van der Waals surface area contributed by atoms with Crippen LogP contribution in [0.25, 0.3) is 0 Å². The molecule has 1 heterocycles. The summed E-state index contributed by atoms with van der Waals surface area (Å²) in [6.45, 7) is 6.71. The van der Waals surface area contributed by atoms with Crippen LogP contribution in [-0.2, 0) is 0 Å². The lowest BCUT2D eigenvalue weighted by atomic mass is 9.98. The van der Waals surface area contributed by atoms with Gasteiger partial charge in [-0.15, -0.1) is 0 Å². The number of nitrogens with two attached hydrogens (primary N) is 1. The Bertz CT molecular complexity index is 373. The Kier molecular flexibility index (Phi) is 3.93. The molecule has 2 nitrogen and oxygen atoms in total. The standard InChI is InChI=1S/C15H24N2/c1-3-13-5-4-9-17(10-8-13)15-7-6-12(2)11-14(15)16/h6-7,11,13H,3-5,8-10,16H2,1-2H3. The third kappa shape index (κ3) is 2.93. The van der Waals surface area contributed by atoms with Crippen LogP contribution in [0.2, 0.25) is 0 Å². The van der Waals surface area contributed by atoms with Crippen molar-refractivity contribution in [3.05, 3.63) is 23.8 Å². The molecule has 0 saturated carbocycles. The van der Waals surface area contributed by atoms with Gasteiger partial charge in [-0.3, -0.25) is 0 Å². The van der Waals surface area contributed by atoms with Gasteiger partial charge >= 0.3 is 0 Å². The zero-order chi connectivity index (χ0) is 12.3. The van der Waals surface area contributed by atoms with Crippen LogP contribution in [0.4, 0.5) is 11.4 Å². The van der Waals surface area contributed by atoms with Gasteiger partial charge in [-0.2, -0.15) is 0 Å². The first-order chi connectivity index (χ1) is 8.20. The molecule has 2 rings (SSSR count). The molecule has 1 saturated heterocycles. The summed E-state index contributed by atoms with van der Waals surface area (Å²) in [6, 6.07) is 6.42. The molecule has 2 heteroatoms. The van der Waals surface area contributed by atoms with Gasteiger partial charge in [-0.1, -0.05) is 19.4 Å². The fourth-order valence-electron chi connectivity index (χ4n) is 2.78. The Morgan fingerprint density at radius 3 is 2.82 bits per heavy atom. The second kappa shape index (κ2) is 5.44. The molecule has 1 fully saturated rings. The van der Waals surface area contributed by atoms with E-state index in [1.165, 1.54) is 36.9 Å². The normalized spacial score (nSPS) is 21.3. The van der Waals surface area contributed by atoms with Crippen LogP contribution in [-0.4, -0.2) is 13.1 Å². The van der Waals surface area contributed by atoms with Gasteiger partial charge < -0.3 is 10.6 Å². The first-order valence-corrected chi connectivity index (χ1v) is 6.81. The molecule has 0 bridgehead atoms. The van der Waals surface area contributed by atoms with Gasteiger partial charge in [0.05, 0.1) is 11.4 Å². The first kappa shape index (κ1) is 12.3. The Morgan fingerprint density at radius 2 is 2.12 bits per heavy atom. The quantitative estimate of drug-likeness (QED) is 0.789. The van der Waals surface area contributed by atoms with E-state index >= 15 is 0 Å². The van der Waals surface area contributed by atoms with Gasteiger partial charge in [0.2, 0.25) is 0 Å². The van der Waals surface area contributed by atoms with E-state index in [1.54, 1.807) is 0 Å². The maximum absolute atomic E-state index is 6.13. The van der Waals surface area contributed by atoms with Gasteiger partial charge in [0.1, 0.15) is 0 Å². The van der Waals surface area contributed by atoms with Crippen molar-refractivity contribution in [1.82, 2.24) is 0 Å². The second-order valence-corrected chi connectivity index (χ2v) is 5.25. The molecule has 0 aliphatic carbocycles. The van der Waals surface area contributed by atoms with Crippen LogP contribution < -0.4 is 10.6 Å². The predicted octanol–water partition coefficient (Wildman–Crippen LogP) is 3.59. The van der Waals surface area contributed by atoms with E-state index < -0.39 is 0 Å². The highest BCUT2D eigenvalue weighted by Crippen LogP contribution is 2.28. The molecule has 1 aromatic carbocycles. The highest BCUT2D eigenvalue weighted by Gasteiger charge is 2.17. The van der Waals surface area contributed by atoms with Crippen molar-refractivity contribution in [2.24, 2.45) is 5.92 Å². The smallest absolute Gasteiger partial charge is 0.0600 e.